The summed E-state index contributed by atoms with van der Waals surface area (Å²) in [5, 5.41) is 2.90. The maximum atomic E-state index is 3.92. The lowest BCUT2D eigenvalue weighted by Gasteiger charge is -2.21. The highest BCUT2D eigenvalue weighted by molar-refractivity contribution is 7.89. The summed E-state index contributed by atoms with van der Waals surface area (Å²) >= 11 is 0. The molecule has 0 nitrogen and oxygen atoms in total. The van der Waals surface area contributed by atoms with Gasteiger partial charge in [-0.15, -0.1) is 0 Å². The highest BCUT2D eigenvalue weighted by Gasteiger charge is 2.35. The largest absolute Gasteiger partial charge is 0.0995 e. The average molecular weight is 241 g/mol. The van der Waals surface area contributed by atoms with Gasteiger partial charge in [0.25, 0.3) is 0 Å². The maximum absolute atomic E-state index is 3.92. The Labute approximate surface area is 104 Å². The zero-order valence-electron chi connectivity index (χ0n) is 10.2. The highest BCUT2D eigenvalue weighted by Crippen LogP contribution is 2.52. The number of hydrogen-bond acceptors (Lipinski definition) is 0. The van der Waals surface area contributed by atoms with Crippen LogP contribution in [0.15, 0.2) is 73.3 Å². The summed E-state index contributed by atoms with van der Waals surface area (Å²) < 4.78 is 0. The van der Waals surface area contributed by atoms with E-state index < -0.39 is 7.26 Å². The third-order valence-electron chi connectivity index (χ3n) is 3.15. The Kier molecular flexibility index (Phi) is 3.76. The SMILES string of the molecule is C=CC[P+](C)(c1ccccc1)c1ccccc1. The summed E-state index contributed by atoms with van der Waals surface area (Å²) in [6.45, 7) is 6.31. The van der Waals surface area contributed by atoms with Crippen molar-refractivity contribution in [2.45, 2.75) is 0 Å². The van der Waals surface area contributed by atoms with E-state index in [2.05, 4.69) is 73.9 Å². The molecule has 0 aliphatic heterocycles. The Morgan fingerprint density at radius 3 is 1.65 bits per heavy atom. The van der Waals surface area contributed by atoms with Gasteiger partial charge in [-0.2, -0.15) is 0 Å². The van der Waals surface area contributed by atoms with Crippen molar-refractivity contribution in [3.63, 3.8) is 0 Å². The van der Waals surface area contributed by atoms with Crippen LogP contribution in [0.25, 0.3) is 0 Å². The van der Waals surface area contributed by atoms with Crippen LogP contribution in [0.5, 0.6) is 0 Å². The Morgan fingerprint density at radius 1 is 0.882 bits per heavy atom. The normalized spacial score (nSPS) is 11.1. The molecule has 0 unspecified atom stereocenters. The van der Waals surface area contributed by atoms with Gasteiger partial charge in [0, 0.05) is 0 Å². The maximum Gasteiger partial charge on any atom is 0.0992 e. The van der Waals surface area contributed by atoms with Crippen molar-refractivity contribution in [2.75, 3.05) is 12.8 Å². The molecule has 2 aromatic carbocycles. The minimum atomic E-state index is -1.29. The Bertz CT molecular complexity index is 434. The molecule has 0 aliphatic carbocycles. The summed E-state index contributed by atoms with van der Waals surface area (Å²) in [6.07, 6.45) is 3.11. The predicted molar refractivity (Wildman–Crippen MR) is 80.1 cm³/mol. The fourth-order valence-corrected chi connectivity index (χ4v) is 5.03. The highest BCUT2D eigenvalue weighted by atomic mass is 31.2. The van der Waals surface area contributed by atoms with Crippen molar-refractivity contribution in [3.05, 3.63) is 73.3 Å². The molecule has 0 saturated heterocycles. The Morgan fingerprint density at radius 2 is 1.29 bits per heavy atom. The minimum Gasteiger partial charge on any atom is -0.0995 e. The molecule has 2 aromatic rings. The van der Waals surface area contributed by atoms with E-state index in [0.29, 0.717) is 0 Å². The third kappa shape index (κ3) is 2.48. The van der Waals surface area contributed by atoms with Crippen molar-refractivity contribution in [1.82, 2.24) is 0 Å². The van der Waals surface area contributed by atoms with Crippen molar-refractivity contribution in [1.29, 1.82) is 0 Å². The first-order chi connectivity index (χ1) is 8.27. The lowest BCUT2D eigenvalue weighted by Crippen LogP contribution is -2.23. The van der Waals surface area contributed by atoms with Crippen LogP contribution in [-0.4, -0.2) is 12.8 Å². The van der Waals surface area contributed by atoms with Crippen LogP contribution < -0.4 is 10.6 Å². The van der Waals surface area contributed by atoms with E-state index in [9.17, 15) is 0 Å². The topological polar surface area (TPSA) is 0 Å². The molecule has 0 radical (unpaired) electrons. The molecule has 0 spiro atoms. The van der Waals surface area contributed by atoms with Gasteiger partial charge in [0.05, 0.1) is 30.7 Å². The van der Waals surface area contributed by atoms with E-state index in [1.807, 2.05) is 6.08 Å². The first-order valence-electron chi connectivity index (χ1n) is 5.85. The Hall–Kier alpha value is -1.39. The van der Waals surface area contributed by atoms with Crippen LogP contribution in [0.2, 0.25) is 0 Å². The van der Waals surface area contributed by atoms with Crippen molar-refractivity contribution < 1.29 is 0 Å². The number of hydrogen-bond donors (Lipinski definition) is 0. The van der Waals surface area contributed by atoms with E-state index in [-0.39, 0.29) is 0 Å². The van der Waals surface area contributed by atoms with Gasteiger partial charge in [-0.3, -0.25) is 0 Å². The zero-order chi connectivity index (χ0) is 12.1. The van der Waals surface area contributed by atoms with Crippen molar-refractivity contribution in [3.8, 4) is 0 Å². The number of benzene rings is 2. The summed E-state index contributed by atoms with van der Waals surface area (Å²) in [4.78, 5) is 0. The van der Waals surface area contributed by atoms with Crippen LogP contribution in [0.3, 0.4) is 0 Å². The Balaban J connectivity index is 2.50. The fourth-order valence-electron chi connectivity index (χ4n) is 2.13. The van der Waals surface area contributed by atoms with Crippen LogP contribution in [0.1, 0.15) is 0 Å². The van der Waals surface area contributed by atoms with Gasteiger partial charge in [-0.1, -0.05) is 49.1 Å². The summed E-state index contributed by atoms with van der Waals surface area (Å²) in [7, 11) is -1.29. The predicted octanol–water partition coefficient (Wildman–Crippen LogP) is 3.47. The van der Waals surface area contributed by atoms with Crippen molar-refractivity contribution in [2.24, 2.45) is 0 Å². The van der Waals surface area contributed by atoms with Gasteiger partial charge in [0.15, 0.2) is 0 Å². The number of allylic oxidation sites excluding steroid dienone is 1. The smallest absolute Gasteiger partial charge is 0.0992 e. The van der Waals surface area contributed by atoms with Gasteiger partial charge in [-0.05, 0) is 24.3 Å². The van der Waals surface area contributed by atoms with E-state index in [4.69, 9.17) is 0 Å². The first-order valence-corrected chi connectivity index (χ1v) is 8.27. The molecule has 0 bridgehead atoms. The second kappa shape index (κ2) is 5.29. The quantitative estimate of drug-likeness (QED) is 0.568. The molecule has 0 heterocycles. The molecule has 0 aromatic heterocycles. The summed E-state index contributed by atoms with van der Waals surface area (Å²) in [5.41, 5.74) is 0. The molecule has 2 rings (SSSR count). The molecule has 0 atom stereocenters. The lowest BCUT2D eigenvalue weighted by atomic mass is 10.4. The van der Waals surface area contributed by atoms with Crippen LogP contribution in [0, 0.1) is 0 Å². The van der Waals surface area contributed by atoms with E-state index >= 15 is 0 Å². The van der Waals surface area contributed by atoms with Gasteiger partial charge in [-0.25, -0.2) is 0 Å². The second-order valence-corrected chi connectivity index (χ2v) is 8.11. The third-order valence-corrected chi connectivity index (χ3v) is 7.01. The lowest BCUT2D eigenvalue weighted by molar-refractivity contribution is 1.67. The number of rotatable bonds is 4. The zero-order valence-corrected chi connectivity index (χ0v) is 11.1. The average Bonchev–Trinajstić information content (AvgIpc) is 2.41. The molecule has 0 aliphatic rings. The van der Waals surface area contributed by atoms with Crippen LogP contribution in [0.4, 0.5) is 0 Å². The summed E-state index contributed by atoms with van der Waals surface area (Å²) in [6, 6.07) is 21.6. The van der Waals surface area contributed by atoms with Crippen LogP contribution in [-0.2, 0) is 0 Å². The van der Waals surface area contributed by atoms with Gasteiger partial charge in [0.2, 0.25) is 0 Å². The summed E-state index contributed by atoms with van der Waals surface area (Å²) in [5.74, 6) is 0. The second-order valence-electron chi connectivity index (χ2n) is 4.33. The van der Waals surface area contributed by atoms with E-state index in [0.717, 1.165) is 6.16 Å². The molecule has 0 saturated carbocycles. The van der Waals surface area contributed by atoms with Crippen LogP contribution >= 0.6 is 7.26 Å². The molecule has 0 amide bonds. The first kappa shape index (κ1) is 12.1. The molecular formula is C16H18P+. The van der Waals surface area contributed by atoms with Gasteiger partial charge in [0.1, 0.15) is 0 Å². The molecule has 0 N–H and O–H groups in total. The molecule has 86 valence electrons. The molecule has 0 fully saturated rings. The molecule has 17 heavy (non-hydrogen) atoms. The minimum absolute atomic E-state index is 1.06. The standard InChI is InChI=1S/C16H18P/c1-3-14-17(2,15-10-6-4-7-11-15)16-12-8-5-9-13-16/h3-13H,1,14H2,2H3/q+1. The van der Waals surface area contributed by atoms with E-state index in [1.54, 1.807) is 0 Å². The van der Waals surface area contributed by atoms with Gasteiger partial charge >= 0.3 is 0 Å². The van der Waals surface area contributed by atoms with Gasteiger partial charge < -0.3 is 0 Å². The monoisotopic (exact) mass is 241 g/mol. The molecular weight excluding hydrogens is 223 g/mol. The van der Waals surface area contributed by atoms with Crippen molar-refractivity contribution >= 4 is 17.9 Å². The fraction of sp³-hybridized carbons (Fsp3) is 0.125. The van der Waals surface area contributed by atoms with E-state index in [1.165, 1.54) is 10.6 Å². The molecule has 1 heteroatoms.